The fraction of sp³-hybridized carbons (Fsp3) is 0.583. The van der Waals surface area contributed by atoms with Gasteiger partial charge in [0.1, 0.15) is 5.82 Å². The maximum atomic E-state index is 12.0. The molecule has 0 bridgehead atoms. The van der Waals surface area contributed by atoms with Crippen molar-refractivity contribution in [1.29, 1.82) is 0 Å². The summed E-state index contributed by atoms with van der Waals surface area (Å²) < 4.78 is 1.47. The molecule has 0 fully saturated rings. The third kappa shape index (κ3) is 1.87. The van der Waals surface area contributed by atoms with Crippen LogP contribution in [0.1, 0.15) is 42.0 Å². The molecular formula is C12H17N3O3. The molecule has 1 aromatic heterocycles. The van der Waals surface area contributed by atoms with E-state index in [2.05, 4.69) is 4.98 Å². The van der Waals surface area contributed by atoms with E-state index in [0.29, 0.717) is 12.4 Å². The molecule has 0 radical (unpaired) electrons. The molecule has 0 saturated carbocycles. The zero-order valence-corrected chi connectivity index (χ0v) is 10.8. The molecule has 1 N–H and O–H groups in total. The number of carbonyl (C=O) groups excluding carboxylic acids is 1. The zero-order chi connectivity index (χ0) is 13.4. The third-order valence-electron chi connectivity index (χ3n) is 3.24. The molecule has 2 heterocycles. The molecule has 1 aliphatic heterocycles. The van der Waals surface area contributed by atoms with Gasteiger partial charge in [0.25, 0.3) is 11.5 Å². The second-order valence-electron chi connectivity index (χ2n) is 4.87. The second kappa shape index (κ2) is 4.44. The van der Waals surface area contributed by atoms with E-state index in [9.17, 15) is 14.7 Å². The molecule has 6 heteroatoms. The van der Waals surface area contributed by atoms with Gasteiger partial charge in [0.05, 0.1) is 0 Å². The Balaban J connectivity index is 2.64. The first-order valence-corrected chi connectivity index (χ1v) is 5.98. The number of amides is 1. The van der Waals surface area contributed by atoms with Crippen molar-refractivity contribution in [3.05, 3.63) is 21.9 Å². The molecule has 1 aromatic rings. The number of fused-ring (bicyclic) bond motifs is 1. The van der Waals surface area contributed by atoms with Crippen LogP contribution in [-0.4, -0.2) is 39.6 Å². The summed E-state index contributed by atoms with van der Waals surface area (Å²) >= 11 is 0. The average Bonchev–Trinajstić information content (AvgIpc) is 2.33. The molecule has 0 aromatic carbocycles. The molecular weight excluding hydrogens is 234 g/mol. The molecule has 1 unspecified atom stereocenters. The van der Waals surface area contributed by atoms with Gasteiger partial charge in [-0.05, 0) is 12.8 Å². The van der Waals surface area contributed by atoms with E-state index in [4.69, 9.17) is 0 Å². The Bertz CT molecular complexity index is 548. The average molecular weight is 251 g/mol. The van der Waals surface area contributed by atoms with Crippen molar-refractivity contribution in [2.24, 2.45) is 0 Å². The van der Waals surface area contributed by atoms with Crippen LogP contribution in [-0.2, 0) is 6.54 Å². The predicted octanol–water partition coefficient (Wildman–Crippen LogP) is 0.548. The first kappa shape index (κ1) is 12.6. The summed E-state index contributed by atoms with van der Waals surface area (Å²) in [6.45, 7) is 2.52. The number of aromatic nitrogens is 2. The molecule has 1 atom stereocenters. The van der Waals surface area contributed by atoms with Crippen LogP contribution < -0.4 is 5.56 Å². The molecule has 1 amide bonds. The van der Waals surface area contributed by atoms with Crippen molar-refractivity contribution in [3.8, 4) is 5.75 Å². The monoisotopic (exact) mass is 251 g/mol. The van der Waals surface area contributed by atoms with Crippen molar-refractivity contribution >= 4 is 5.91 Å². The molecule has 6 nitrogen and oxygen atoms in total. The Labute approximate surface area is 105 Å². The topological polar surface area (TPSA) is 75.4 Å². The fourth-order valence-electron chi connectivity index (χ4n) is 2.20. The molecule has 1 aliphatic rings. The van der Waals surface area contributed by atoms with Crippen molar-refractivity contribution < 1.29 is 9.90 Å². The van der Waals surface area contributed by atoms with Crippen LogP contribution in [0.3, 0.4) is 0 Å². The van der Waals surface area contributed by atoms with E-state index in [0.717, 1.165) is 12.8 Å². The zero-order valence-electron chi connectivity index (χ0n) is 10.8. The smallest absolute Gasteiger partial charge is 0.296 e. The lowest BCUT2D eigenvalue weighted by Crippen LogP contribution is -2.33. The van der Waals surface area contributed by atoms with Gasteiger partial charge in [-0.15, -0.1) is 0 Å². The molecule has 0 spiro atoms. The van der Waals surface area contributed by atoms with Gasteiger partial charge in [0.2, 0.25) is 5.75 Å². The van der Waals surface area contributed by atoms with E-state index in [1.54, 1.807) is 14.1 Å². The van der Waals surface area contributed by atoms with Crippen LogP contribution in [0, 0.1) is 0 Å². The minimum Gasteiger partial charge on any atom is -0.501 e. The lowest BCUT2D eigenvalue weighted by atomic mass is 10.0. The Morgan fingerprint density at radius 1 is 1.50 bits per heavy atom. The standard InChI is InChI=1S/C12H17N3O3/c1-7-5-4-6-15-10(7)13-8(9(16)12(15)18)11(17)14(2)3/h7,16H,4-6H2,1-3H3. The number of carbonyl (C=O) groups is 1. The summed E-state index contributed by atoms with van der Waals surface area (Å²) in [4.78, 5) is 29.4. The minimum absolute atomic E-state index is 0.126. The second-order valence-corrected chi connectivity index (χ2v) is 4.87. The number of hydrogen-bond donors (Lipinski definition) is 1. The SMILES string of the molecule is CC1CCCn2c1nc(C(=O)N(C)C)c(O)c2=O. The molecule has 0 saturated heterocycles. The highest BCUT2D eigenvalue weighted by atomic mass is 16.3. The summed E-state index contributed by atoms with van der Waals surface area (Å²) in [6.07, 6.45) is 1.82. The Morgan fingerprint density at radius 2 is 2.17 bits per heavy atom. The lowest BCUT2D eigenvalue weighted by Gasteiger charge is -2.24. The van der Waals surface area contributed by atoms with E-state index >= 15 is 0 Å². The Hall–Kier alpha value is -1.85. The van der Waals surface area contributed by atoms with Crippen LogP contribution in [0.15, 0.2) is 4.79 Å². The molecule has 2 rings (SSSR count). The van der Waals surface area contributed by atoms with Crippen molar-refractivity contribution in [3.63, 3.8) is 0 Å². The van der Waals surface area contributed by atoms with Crippen LogP contribution in [0.2, 0.25) is 0 Å². The maximum Gasteiger partial charge on any atom is 0.296 e. The molecule has 98 valence electrons. The van der Waals surface area contributed by atoms with Crippen LogP contribution in [0.4, 0.5) is 0 Å². The summed E-state index contributed by atoms with van der Waals surface area (Å²) in [7, 11) is 3.12. The number of nitrogens with zero attached hydrogens (tertiary/aromatic N) is 3. The van der Waals surface area contributed by atoms with Gasteiger partial charge in [-0.25, -0.2) is 4.98 Å². The van der Waals surface area contributed by atoms with Gasteiger partial charge >= 0.3 is 0 Å². The summed E-state index contributed by atoms with van der Waals surface area (Å²) in [5.41, 5.74) is -0.665. The molecule has 18 heavy (non-hydrogen) atoms. The van der Waals surface area contributed by atoms with Crippen LogP contribution in [0.25, 0.3) is 0 Å². The largest absolute Gasteiger partial charge is 0.501 e. The Kier molecular flexibility index (Phi) is 3.11. The Morgan fingerprint density at radius 3 is 2.78 bits per heavy atom. The quantitative estimate of drug-likeness (QED) is 0.790. The van der Waals surface area contributed by atoms with Crippen molar-refractivity contribution in [2.75, 3.05) is 14.1 Å². The van der Waals surface area contributed by atoms with Gasteiger partial charge in [0.15, 0.2) is 5.69 Å². The summed E-state index contributed by atoms with van der Waals surface area (Å²) in [5.74, 6) is -0.285. The predicted molar refractivity (Wildman–Crippen MR) is 65.8 cm³/mol. The van der Waals surface area contributed by atoms with E-state index < -0.39 is 17.2 Å². The van der Waals surface area contributed by atoms with Gasteiger partial charge in [0, 0.05) is 26.6 Å². The van der Waals surface area contributed by atoms with Gasteiger partial charge < -0.3 is 10.0 Å². The highest BCUT2D eigenvalue weighted by Crippen LogP contribution is 2.25. The van der Waals surface area contributed by atoms with Gasteiger partial charge in [-0.1, -0.05) is 6.92 Å². The fourth-order valence-corrected chi connectivity index (χ4v) is 2.20. The van der Waals surface area contributed by atoms with E-state index in [1.165, 1.54) is 9.47 Å². The number of hydrogen-bond acceptors (Lipinski definition) is 4. The van der Waals surface area contributed by atoms with Crippen LogP contribution in [0.5, 0.6) is 5.75 Å². The van der Waals surface area contributed by atoms with Crippen molar-refractivity contribution in [1.82, 2.24) is 14.5 Å². The summed E-state index contributed by atoms with van der Waals surface area (Å²) in [5, 5.41) is 9.82. The van der Waals surface area contributed by atoms with Crippen LogP contribution >= 0.6 is 0 Å². The first-order valence-electron chi connectivity index (χ1n) is 5.98. The van der Waals surface area contributed by atoms with Crippen molar-refractivity contribution in [2.45, 2.75) is 32.2 Å². The number of aromatic hydroxyl groups is 1. The van der Waals surface area contributed by atoms with E-state index in [1.807, 2.05) is 6.92 Å². The van der Waals surface area contributed by atoms with Gasteiger partial charge in [-0.2, -0.15) is 0 Å². The minimum atomic E-state index is -0.549. The number of rotatable bonds is 1. The van der Waals surface area contributed by atoms with E-state index in [-0.39, 0.29) is 11.6 Å². The maximum absolute atomic E-state index is 12.0. The normalized spacial score (nSPS) is 18.3. The van der Waals surface area contributed by atoms with Gasteiger partial charge in [-0.3, -0.25) is 14.2 Å². The lowest BCUT2D eigenvalue weighted by molar-refractivity contribution is 0.0817. The highest BCUT2D eigenvalue weighted by Gasteiger charge is 2.26. The third-order valence-corrected chi connectivity index (χ3v) is 3.24. The first-order chi connectivity index (χ1) is 8.43. The molecule has 0 aliphatic carbocycles. The summed E-state index contributed by atoms with van der Waals surface area (Å²) in [6, 6.07) is 0. The highest BCUT2D eigenvalue weighted by molar-refractivity contribution is 5.94.